The fourth-order valence-corrected chi connectivity index (χ4v) is 2.80. The lowest BCUT2D eigenvalue weighted by Crippen LogP contribution is -2.45. The van der Waals surface area contributed by atoms with Gasteiger partial charge in [0.05, 0.1) is 6.61 Å². The number of ether oxygens (including phenoxy) is 1. The molecule has 5 heteroatoms. The maximum absolute atomic E-state index is 12.4. The van der Waals surface area contributed by atoms with Crippen molar-refractivity contribution in [3.8, 4) is 12.3 Å². The summed E-state index contributed by atoms with van der Waals surface area (Å²) < 4.78 is 5.57. The van der Waals surface area contributed by atoms with Gasteiger partial charge in [0.25, 0.3) is 0 Å². The molecule has 112 valence electrons. The Balaban J connectivity index is 3.37. The van der Waals surface area contributed by atoms with Crippen molar-refractivity contribution in [3.05, 3.63) is 34.3 Å². The van der Waals surface area contributed by atoms with Crippen molar-refractivity contribution < 1.29 is 19.4 Å². The second-order valence-electron chi connectivity index (χ2n) is 4.47. The first-order valence-electron chi connectivity index (χ1n) is 6.59. The number of carbonyl (C=O) groups excluding carboxylic acids is 1. The molecule has 0 aromatic heterocycles. The number of terminal acetylenes is 1. The fourth-order valence-electron chi connectivity index (χ4n) is 2.17. The molecule has 1 atom stereocenters. The summed E-state index contributed by atoms with van der Waals surface area (Å²) in [6.07, 6.45) is 6.13. The van der Waals surface area contributed by atoms with Gasteiger partial charge >= 0.3 is 11.9 Å². The number of carboxylic acids is 1. The second-order valence-corrected chi connectivity index (χ2v) is 5.32. The van der Waals surface area contributed by atoms with Gasteiger partial charge in [-0.2, -0.15) is 0 Å². The maximum atomic E-state index is 12.4. The summed E-state index contributed by atoms with van der Waals surface area (Å²) >= 11 is 3.32. The van der Waals surface area contributed by atoms with Gasteiger partial charge in [-0.05, 0) is 31.4 Å². The molecule has 1 aromatic rings. The highest BCUT2D eigenvalue weighted by Gasteiger charge is 2.49. The van der Waals surface area contributed by atoms with Gasteiger partial charge in [0, 0.05) is 10.9 Å². The molecule has 0 saturated carbocycles. The first-order valence-corrected chi connectivity index (χ1v) is 7.39. The molecule has 0 aliphatic rings. The van der Waals surface area contributed by atoms with E-state index in [1.165, 1.54) is 0 Å². The van der Waals surface area contributed by atoms with Gasteiger partial charge in [-0.15, -0.1) is 12.3 Å². The van der Waals surface area contributed by atoms with Crippen LogP contribution in [0.2, 0.25) is 0 Å². The van der Waals surface area contributed by atoms with Crippen molar-refractivity contribution in [2.24, 2.45) is 0 Å². The summed E-state index contributed by atoms with van der Waals surface area (Å²) in [6.45, 7) is 1.76. The quantitative estimate of drug-likeness (QED) is 0.354. The highest BCUT2D eigenvalue weighted by atomic mass is 79.9. The van der Waals surface area contributed by atoms with E-state index in [1.54, 1.807) is 31.2 Å². The molecule has 21 heavy (non-hydrogen) atoms. The summed E-state index contributed by atoms with van der Waals surface area (Å²) in [7, 11) is 0. The predicted molar refractivity (Wildman–Crippen MR) is 82.8 cm³/mol. The average Bonchev–Trinajstić information content (AvgIpc) is 2.44. The van der Waals surface area contributed by atoms with Crippen molar-refractivity contribution >= 4 is 27.9 Å². The van der Waals surface area contributed by atoms with Gasteiger partial charge in [-0.3, -0.25) is 9.59 Å². The number of hydrogen-bond donors (Lipinski definition) is 1. The van der Waals surface area contributed by atoms with Crippen molar-refractivity contribution in [1.82, 2.24) is 0 Å². The molecule has 0 aliphatic heterocycles. The predicted octanol–water partition coefficient (Wildman–Crippen LogP) is 3.14. The Morgan fingerprint density at radius 2 is 2.10 bits per heavy atom. The monoisotopic (exact) mass is 352 g/mol. The SMILES string of the molecule is C#CCCCC(C(=O)O)(C(=O)OCC)c1ccccc1Br. The Labute approximate surface area is 132 Å². The topological polar surface area (TPSA) is 63.6 Å². The number of carbonyl (C=O) groups is 2. The lowest BCUT2D eigenvalue weighted by atomic mass is 9.76. The van der Waals surface area contributed by atoms with E-state index >= 15 is 0 Å². The molecule has 0 bridgehead atoms. The van der Waals surface area contributed by atoms with Crippen LogP contribution in [0, 0.1) is 12.3 Å². The minimum Gasteiger partial charge on any atom is -0.480 e. The standard InChI is InChI=1S/C16H17BrO4/c1-3-5-8-11-16(14(18)19,15(20)21-4-2)12-9-6-7-10-13(12)17/h1,6-7,9-10H,4-5,8,11H2,2H3,(H,18,19). The van der Waals surface area contributed by atoms with Gasteiger partial charge in [0.2, 0.25) is 0 Å². The van der Waals surface area contributed by atoms with Crippen LogP contribution in [0.5, 0.6) is 0 Å². The van der Waals surface area contributed by atoms with Crippen LogP contribution < -0.4 is 0 Å². The van der Waals surface area contributed by atoms with Crippen LogP contribution in [0.25, 0.3) is 0 Å². The highest BCUT2D eigenvalue weighted by Crippen LogP contribution is 2.36. The number of carboxylic acid groups (broad SMARTS) is 1. The highest BCUT2D eigenvalue weighted by molar-refractivity contribution is 9.10. The van der Waals surface area contributed by atoms with E-state index in [1.807, 2.05) is 0 Å². The molecular weight excluding hydrogens is 336 g/mol. The first kappa shape index (κ1) is 17.3. The van der Waals surface area contributed by atoms with E-state index in [0.29, 0.717) is 22.9 Å². The van der Waals surface area contributed by atoms with Crippen LogP contribution in [0.1, 0.15) is 31.7 Å². The first-order chi connectivity index (χ1) is 10.0. The van der Waals surface area contributed by atoms with E-state index < -0.39 is 17.4 Å². The van der Waals surface area contributed by atoms with Crippen LogP contribution in [-0.4, -0.2) is 23.7 Å². The zero-order valence-corrected chi connectivity index (χ0v) is 13.4. The number of benzene rings is 1. The molecular formula is C16H17BrO4. The Bertz CT molecular complexity index is 562. The molecule has 0 fully saturated rings. The fraction of sp³-hybridized carbons (Fsp3) is 0.375. The number of unbranched alkanes of at least 4 members (excludes halogenated alkanes) is 1. The van der Waals surface area contributed by atoms with E-state index in [9.17, 15) is 14.7 Å². The van der Waals surface area contributed by atoms with Crippen LogP contribution in [0.15, 0.2) is 28.7 Å². The third-order valence-electron chi connectivity index (χ3n) is 3.20. The molecule has 0 aliphatic carbocycles. The molecule has 0 amide bonds. The van der Waals surface area contributed by atoms with Gasteiger partial charge in [0.1, 0.15) is 0 Å². The van der Waals surface area contributed by atoms with Crippen molar-refractivity contribution in [1.29, 1.82) is 0 Å². The summed E-state index contributed by atoms with van der Waals surface area (Å²) in [5, 5.41) is 9.72. The molecule has 1 unspecified atom stereocenters. The second kappa shape index (κ2) is 7.84. The number of esters is 1. The Hall–Kier alpha value is -1.80. The third kappa shape index (κ3) is 3.64. The largest absolute Gasteiger partial charge is 0.480 e. The van der Waals surface area contributed by atoms with Crippen LogP contribution in [0.4, 0.5) is 0 Å². The van der Waals surface area contributed by atoms with Gasteiger partial charge in [-0.1, -0.05) is 34.1 Å². The normalized spacial score (nSPS) is 13.0. The van der Waals surface area contributed by atoms with Gasteiger partial charge in [-0.25, -0.2) is 0 Å². The lowest BCUT2D eigenvalue weighted by Gasteiger charge is -2.28. The van der Waals surface area contributed by atoms with E-state index in [4.69, 9.17) is 11.2 Å². The van der Waals surface area contributed by atoms with Crippen LogP contribution >= 0.6 is 15.9 Å². The Kier molecular flexibility index (Phi) is 6.44. The molecule has 1 aromatic carbocycles. The van der Waals surface area contributed by atoms with Crippen molar-refractivity contribution in [2.45, 2.75) is 31.6 Å². The zero-order chi connectivity index (χ0) is 15.9. The minimum atomic E-state index is -1.74. The Morgan fingerprint density at radius 1 is 1.43 bits per heavy atom. The van der Waals surface area contributed by atoms with Gasteiger partial charge in [0.15, 0.2) is 5.41 Å². The summed E-state index contributed by atoms with van der Waals surface area (Å²) in [6, 6.07) is 6.77. The van der Waals surface area contributed by atoms with Gasteiger partial charge < -0.3 is 9.84 Å². The van der Waals surface area contributed by atoms with E-state index in [0.717, 1.165) is 0 Å². The zero-order valence-electron chi connectivity index (χ0n) is 11.8. The molecule has 1 N–H and O–H groups in total. The number of aliphatic carboxylic acids is 1. The molecule has 0 heterocycles. The summed E-state index contributed by atoms with van der Waals surface area (Å²) in [4.78, 5) is 24.3. The number of rotatable bonds is 7. The average molecular weight is 353 g/mol. The number of halogens is 1. The molecule has 0 saturated heterocycles. The van der Waals surface area contributed by atoms with E-state index in [-0.39, 0.29) is 13.0 Å². The molecule has 4 nitrogen and oxygen atoms in total. The lowest BCUT2D eigenvalue weighted by molar-refractivity contribution is -0.162. The van der Waals surface area contributed by atoms with E-state index in [2.05, 4.69) is 21.9 Å². The van der Waals surface area contributed by atoms with Crippen LogP contribution in [0.3, 0.4) is 0 Å². The minimum absolute atomic E-state index is 0.0913. The molecule has 0 spiro atoms. The van der Waals surface area contributed by atoms with Crippen molar-refractivity contribution in [3.63, 3.8) is 0 Å². The molecule has 1 rings (SSSR count). The summed E-state index contributed by atoms with van der Waals surface area (Å²) in [5.41, 5.74) is -1.36. The maximum Gasteiger partial charge on any atom is 0.328 e. The third-order valence-corrected chi connectivity index (χ3v) is 3.89. The summed E-state index contributed by atoms with van der Waals surface area (Å²) in [5.74, 6) is 0.465. The Morgan fingerprint density at radius 3 is 2.62 bits per heavy atom. The molecule has 0 radical (unpaired) electrons. The van der Waals surface area contributed by atoms with Crippen LogP contribution in [-0.2, 0) is 19.7 Å². The smallest absolute Gasteiger partial charge is 0.328 e. The number of hydrogen-bond acceptors (Lipinski definition) is 3. The van der Waals surface area contributed by atoms with Crippen molar-refractivity contribution in [2.75, 3.05) is 6.61 Å².